The second-order valence-electron chi connectivity index (χ2n) is 6.38. The first-order chi connectivity index (χ1) is 13.2. The highest BCUT2D eigenvalue weighted by Gasteiger charge is 2.10. The smallest absolute Gasteiger partial charge is 0.228 e. The molecule has 134 valence electrons. The van der Waals surface area contributed by atoms with Gasteiger partial charge < -0.3 is 15.2 Å². The van der Waals surface area contributed by atoms with E-state index in [2.05, 4.69) is 15.3 Å². The lowest BCUT2D eigenvalue weighted by Crippen LogP contribution is -2.15. The number of carbonyl (C=O) groups is 1. The van der Waals surface area contributed by atoms with Crippen LogP contribution in [-0.4, -0.2) is 22.9 Å². The van der Waals surface area contributed by atoms with E-state index >= 15 is 0 Å². The molecule has 2 aromatic carbocycles. The third kappa shape index (κ3) is 3.67. The molecule has 0 unspecified atom stereocenters. The minimum absolute atomic E-state index is 0.0642. The van der Waals surface area contributed by atoms with Gasteiger partial charge in [-0.05, 0) is 35.9 Å². The van der Waals surface area contributed by atoms with Gasteiger partial charge in [-0.25, -0.2) is 4.98 Å². The molecule has 2 heterocycles. The zero-order valence-electron chi connectivity index (χ0n) is 15.0. The lowest BCUT2D eigenvalue weighted by atomic mass is 10.1. The molecule has 4 rings (SSSR count). The zero-order chi connectivity index (χ0) is 18.6. The summed E-state index contributed by atoms with van der Waals surface area (Å²) in [4.78, 5) is 22.1. The standard InChI is InChI=1S/C22H20N4O/c1-26(18-7-3-2-4-8-18)21-12-11-17(15-24-21)25-22(27)13-16-14-23-20-10-6-5-9-19(16)20/h2-12,14-15,23H,13H2,1H3,(H,25,27). The van der Waals surface area contributed by atoms with Gasteiger partial charge in [0.2, 0.25) is 5.91 Å². The number of benzene rings is 2. The number of nitrogens with zero attached hydrogens (tertiary/aromatic N) is 2. The molecule has 0 fully saturated rings. The molecule has 0 saturated carbocycles. The van der Waals surface area contributed by atoms with Crippen molar-refractivity contribution in [2.45, 2.75) is 6.42 Å². The van der Waals surface area contributed by atoms with Crippen molar-refractivity contribution in [1.82, 2.24) is 9.97 Å². The van der Waals surface area contributed by atoms with Gasteiger partial charge in [0.05, 0.1) is 18.3 Å². The van der Waals surface area contributed by atoms with Gasteiger partial charge >= 0.3 is 0 Å². The van der Waals surface area contributed by atoms with Gasteiger partial charge in [0.1, 0.15) is 5.82 Å². The summed E-state index contributed by atoms with van der Waals surface area (Å²) < 4.78 is 0. The maximum atomic E-state index is 12.4. The third-order valence-electron chi connectivity index (χ3n) is 4.54. The summed E-state index contributed by atoms with van der Waals surface area (Å²) in [6.07, 6.45) is 3.89. The van der Waals surface area contributed by atoms with Gasteiger partial charge in [-0.15, -0.1) is 0 Å². The molecule has 0 aliphatic heterocycles. The lowest BCUT2D eigenvalue weighted by Gasteiger charge is -2.18. The second-order valence-corrected chi connectivity index (χ2v) is 6.38. The quantitative estimate of drug-likeness (QED) is 0.553. The van der Waals surface area contributed by atoms with Crippen LogP contribution >= 0.6 is 0 Å². The summed E-state index contributed by atoms with van der Waals surface area (Å²) in [5.74, 6) is 0.751. The molecular weight excluding hydrogens is 336 g/mol. The summed E-state index contributed by atoms with van der Waals surface area (Å²) in [7, 11) is 1.97. The van der Waals surface area contributed by atoms with E-state index in [1.54, 1.807) is 6.20 Å². The minimum Gasteiger partial charge on any atom is -0.361 e. The minimum atomic E-state index is -0.0642. The summed E-state index contributed by atoms with van der Waals surface area (Å²) in [6.45, 7) is 0. The van der Waals surface area contributed by atoms with Crippen LogP contribution in [0, 0.1) is 0 Å². The van der Waals surface area contributed by atoms with E-state index in [4.69, 9.17) is 0 Å². The molecule has 2 N–H and O–H groups in total. The largest absolute Gasteiger partial charge is 0.361 e. The normalized spacial score (nSPS) is 10.7. The fraction of sp³-hybridized carbons (Fsp3) is 0.0909. The SMILES string of the molecule is CN(c1ccccc1)c1ccc(NC(=O)Cc2c[nH]c3ccccc23)cn1. The zero-order valence-corrected chi connectivity index (χ0v) is 15.0. The number of nitrogens with one attached hydrogen (secondary N) is 2. The number of rotatable bonds is 5. The number of fused-ring (bicyclic) bond motifs is 1. The number of aromatic nitrogens is 2. The Hall–Kier alpha value is -3.60. The van der Waals surface area contributed by atoms with E-state index in [1.807, 2.05) is 84.9 Å². The van der Waals surface area contributed by atoms with Gasteiger partial charge in [-0.1, -0.05) is 36.4 Å². The van der Waals surface area contributed by atoms with Crippen molar-refractivity contribution in [2.75, 3.05) is 17.3 Å². The second kappa shape index (κ2) is 7.33. The molecule has 0 saturated heterocycles. The molecule has 27 heavy (non-hydrogen) atoms. The van der Waals surface area contributed by atoms with E-state index in [1.165, 1.54) is 0 Å². The van der Waals surface area contributed by atoms with Crippen molar-refractivity contribution in [2.24, 2.45) is 0 Å². The Kier molecular flexibility index (Phi) is 4.58. The molecule has 0 aliphatic carbocycles. The van der Waals surface area contributed by atoms with Crippen LogP contribution in [0.2, 0.25) is 0 Å². The molecule has 1 amide bonds. The van der Waals surface area contributed by atoms with Crippen LogP contribution in [-0.2, 0) is 11.2 Å². The van der Waals surface area contributed by atoms with E-state index in [9.17, 15) is 4.79 Å². The Morgan fingerprint density at radius 2 is 1.81 bits per heavy atom. The summed E-state index contributed by atoms with van der Waals surface area (Å²) >= 11 is 0. The Labute approximate surface area is 157 Å². The van der Waals surface area contributed by atoms with E-state index < -0.39 is 0 Å². The number of pyridine rings is 1. The highest BCUT2D eigenvalue weighted by Crippen LogP contribution is 2.22. The topological polar surface area (TPSA) is 61.0 Å². The highest BCUT2D eigenvalue weighted by atomic mass is 16.1. The molecule has 5 heteroatoms. The van der Waals surface area contributed by atoms with Gasteiger partial charge in [-0.2, -0.15) is 0 Å². The van der Waals surface area contributed by atoms with Crippen molar-refractivity contribution in [3.63, 3.8) is 0 Å². The van der Waals surface area contributed by atoms with Crippen molar-refractivity contribution >= 4 is 34.0 Å². The number of anilines is 3. The molecule has 0 atom stereocenters. The molecule has 0 aliphatic rings. The van der Waals surface area contributed by atoms with E-state index in [-0.39, 0.29) is 5.91 Å². The Bertz CT molecular complexity index is 1050. The predicted molar refractivity (Wildman–Crippen MR) is 109 cm³/mol. The fourth-order valence-corrected chi connectivity index (χ4v) is 3.10. The Morgan fingerprint density at radius 1 is 1.04 bits per heavy atom. The summed E-state index contributed by atoms with van der Waals surface area (Å²) in [5, 5.41) is 3.99. The van der Waals surface area contributed by atoms with Crippen molar-refractivity contribution in [3.05, 3.63) is 84.7 Å². The first-order valence-corrected chi connectivity index (χ1v) is 8.80. The van der Waals surface area contributed by atoms with Gasteiger partial charge in [0, 0.05) is 29.8 Å². The highest BCUT2D eigenvalue weighted by molar-refractivity contribution is 5.95. The first-order valence-electron chi connectivity index (χ1n) is 8.80. The average Bonchev–Trinajstić information content (AvgIpc) is 3.11. The molecule has 2 aromatic heterocycles. The maximum absolute atomic E-state index is 12.4. The van der Waals surface area contributed by atoms with Crippen LogP contribution in [0.1, 0.15) is 5.56 Å². The molecule has 0 bridgehead atoms. The molecule has 0 spiro atoms. The van der Waals surface area contributed by atoms with Crippen molar-refractivity contribution in [1.29, 1.82) is 0 Å². The van der Waals surface area contributed by atoms with Crippen LogP contribution in [0.5, 0.6) is 0 Å². The van der Waals surface area contributed by atoms with Gasteiger partial charge in [0.25, 0.3) is 0 Å². The van der Waals surface area contributed by atoms with E-state index in [0.717, 1.165) is 28.0 Å². The molecule has 5 nitrogen and oxygen atoms in total. The Balaban J connectivity index is 1.43. The number of hydrogen-bond donors (Lipinski definition) is 2. The predicted octanol–water partition coefficient (Wildman–Crippen LogP) is 4.51. The third-order valence-corrected chi connectivity index (χ3v) is 4.54. The fourth-order valence-electron chi connectivity index (χ4n) is 3.10. The van der Waals surface area contributed by atoms with Crippen LogP contribution in [0.4, 0.5) is 17.2 Å². The molecule has 0 radical (unpaired) electrons. The summed E-state index contributed by atoms with van der Waals surface area (Å²) in [6, 6.07) is 21.8. The molecular formula is C22H20N4O. The number of aromatic amines is 1. The number of amides is 1. The maximum Gasteiger partial charge on any atom is 0.228 e. The summed E-state index contributed by atoms with van der Waals surface area (Å²) in [5.41, 5.74) is 3.76. The van der Waals surface area contributed by atoms with E-state index in [0.29, 0.717) is 12.1 Å². The Morgan fingerprint density at radius 3 is 2.59 bits per heavy atom. The number of carbonyl (C=O) groups excluding carboxylic acids is 1. The van der Waals surface area contributed by atoms with Crippen LogP contribution in [0.15, 0.2) is 79.1 Å². The molecule has 4 aromatic rings. The van der Waals surface area contributed by atoms with Crippen molar-refractivity contribution < 1.29 is 4.79 Å². The van der Waals surface area contributed by atoms with Crippen molar-refractivity contribution in [3.8, 4) is 0 Å². The van der Waals surface area contributed by atoms with Crippen LogP contribution in [0.25, 0.3) is 10.9 Å². The average molecular weight is 356 g/mol. The first kappa shape index (κ1) is 16.8. The number of para-hydroxylation sites is 2. The van der Waals surface area contributed by atoms with Crippen LogP contribution in [0.3, 0.4) is 0 Å². The van der Waals surface area contributed by atoms with Gasteiger partial charge in [-0.3, -0.25) is 4.79 Å². The number of hydrogen-bond acceptors (Lipinski definition) is 3. The van der Waals surface area contributed by atoms with Crippen LogP contribution < -0.4 is 10.2 Å². The lowest BCUT2D eigenvalue weighted by molar-refractivity contribution is -0.115. The van der Waals surface area contributed by atoms with Gasteiger partial charge in [0.15, 0.2) is 0 Å². The number of H-pyrrole nitrogens is 1. The monoisotopic (exact) mass is 356 g/mol.